The lowest BCUT2D eigenvalue weighted by molar-refractivity contribution is -0.136. The quantitative estimate of drug-likeness (QED) is 0.688. The highest BCUT2D eigenvalue weighted by molar-refractivity contribution is 5.77. The maximum atomic E-state index is 11.7. The predicted molar refractivity (Wildman–Crippen MR) is 55.8 cm³/mol. The number of hydrogen-bond donors (Lipinski definition) is 0. The maximum Gasteiger partial charge on any atom is 0.223 e. The fraction of sp³-hybridized carbons (Fsp3) is 0.417. The summed E-state index contributed by atoms with van der Waals surface area (Å²) in [4.78, 5) is 13.4. The van der Waals surface area contributed by atoms with Crippen LogP contribution in [-0.2, 0) is 4.79 Å². The molecule has 1 atom stereocenters. The minimum absolute atomic E-state index is 0.0253. The summed E-state index contributed by atoms with van der Waals surface area (Å²) >= 11 is 0. The molecule has 1 fully saturated rings. The van der Waals surface area contributed by atoms with Crippen LogP contribution >= 0.6 is 0 Å². The van der Waals surface area contributed by atoms with Gasteiger partial charge in [0.1, 0.15) is 5.76 Å². The number of rotatable bonds is 2. The molecule has 0 aliphatic carbocycles. The lowest BCUT2D eigenvalue weighted by atomic mass is 9.99. The number of nitrogens with zero attached hydrogens (tertiary/aromatic N) is 1. The minimum Gasteiger partial charge on any atom is -0.467 e. The molecule has 1 aromatic rings. The molecule has 0 spiro atoms. The van der Waals surface area contributed by atoms with E-state index in [4.69, 9.17) is 10.8 Å². The van der Waals surface area contributed by atoms with Crippen LogP contribution in [0.3, 0.4) is 0 Å². The highest BCUT2D eigenvalue weighted by Crippen LogP contribution is 2.31. The number of carbonyl (C=O) groups excluding carboxylic acids is 1. The molecule has 0 bridgehead atoms. The molecular formula is C12H13NO2. The Morgan fingerprint density at radius 1 is 1.67 bits per heavy atom. The standard InChI is InChI=1S/C12H13NO2/c1-2-8-13-10(5-3-7-12(13)14)11-6-4-9-15-11/h1,4,6,9-10H,3,5,7-8H2. The van der Waals surface area contributed by atoms with Gasteiger partial charge in [-0.25, -0.2) is 0 Å². The summed E-state index contributed by atoms with van der Waals surface area (Å²) < 4.78 is 5.34. The summed E-state index contributed by atoms with van der Waals surface area (Å²) in [5.41, 5.74) is 0. The second-order valence-corrected chi connectivity index (χ2v) is 3.65. The number of amides is 1. The number of piperidine rings is 1. The zero-order valence-electron chi connectivity index (χ0n) is 8.48. The first-order valence-electron chi connectivity index (χ1n) is 5.09. The third-order valence-electron chi connectivity index (χ3n) is 2.70. The van der Waals surface area contributed by atoms with Gasteiger partial charge in [0.25, 0.3) is 0 Å². The van der Waals surface area contributed by atoms with Crippen molar-refractivity contribution < 1.29 is 9.21 Å². The molecule has 1 saturated heterocycles. The third kappa shape index (κ3) is 1.89. The Morgan fingerprint density at radius 3 is 3.20 bits per heavy atom. The van der Waals surface area contributed by atoms with Crippen molar-refractivity contribution in [1.82, 2.24) is 4.90 Å². The Bertz CT molecular complexity index is 375. The van der Waals surface area contributed by atoms with Crippen molar-refractivity contribution >= 4 is 5.91 Å². The van der Waals surface area contributed by atoms with Crippen LogP contribution in [0.1, 0.15) is 31.1 Å². The number of terminal acetylenes is 1. The van der Waals surface area contributed by atoms with Gasteiger partial charge in [-0.15, -0.1) is 6.42 Å². The maximum absolute atomic E-state index is 11.7. The van der Waals surface area contributed by atoms with E-state index in [1.807, 2.05) is 12.1 Å². The summed E-state index contributed by atoms with van der Waals surface area (Å²) in [5, 5.41) is 0. The van der Waals surface area contributed by atoms with E-state index >= 15 is 0 Å². The molecule has 1 aliphatic heterocycles. The number of furan rings is 1. The SMILES string of the molecule is C#CCN1C(=O)CCCC1c1ccco1. The van der Waals surface area contributed by atoms with Gasteiger partial charge in [0, 0.05) is 6.42 Å². The van der Waals surface area contributed by atoms with Gasteiger partial charge in [-0.05, 0) is 25.0 Å². The highest BCUT2D eigenvalue weighted by atomic mass is 16.3. The molecule has 1 aromatic heterocycles. The Kier molecular flexibility index (Phi) is 2.77. The van der Waals surface area contributed by atoms with Crippen molar-refractivity contribution in [2.24, 2.45) is 0 Å². The van der Waals surface area contributed by atoms with Crippen LogP contribution in [0.5, 0.6) is 0 Å². The lowest BCUT2D eigenvalue weighted by Crippen LogP contribution is -2.38. The molecule has 1 unspecified atom stereocenters. The fourth-order valence-electron chi connectivity index (χ4n) is 1.99. The van der Waals surface area contributed by atoms with E-state index in [1.165, 1.54) is 0 Å². The second kappa shape index (κ2) is 4.22. The van der Waals surface area contributed by atoms with Crippen molar-refractivity contribution in [3.05, 3.63) is 24.2 Å². The first-order chi connectivity index (χ1) is 7.33. The lowest BCUT2D eigenvalue weighted by Gasteiger charge is -2.32. The average Bonchev–Trinajstić information content (AvgIpc) is 2.74. The van der Waals surface area contributed by atoms with Crippen molar-refractivity contribution in [1.29, 1.82) is 0 Å². The molecule has 2 heterocycles. The van der Waals surface area contributed by atoms with E-state index in [1.54, 1.807) is 11.2 Å². The summed E-state index contributed by atoms with van der Waals surface area (Å²) in [6.45, 7) is 0.365. The Labute approximate surface area is 89.1 Å². The monoisotopic (exact) mass is 203 g/mol. The topological polar surface area (TPSA) is 33.5 Å². The molecule has 0 N–H and O–H groups in total. The van der Waals surface area contributed by atoms with Crippen LogP contribution in [0.25, 0.3) is 0 Å². The molecule has 3 heteroatoms. The first kappa shape index (κ1) is 9.85. The number of hydrogen-bond acceptors (Lipinski definition) is 2. The van der Waals surface area contributed by atoms with E-state index < -0.39 is 0 Å². The summed E-state index contributed by atoms with van der Waals surface area (Å²) in [6, 6.07) is 3.76. The average molecular weight is 203 g/mol. The molecule has 1 amide bonds. The Balaban J connectivity index is 2.21. The van der Waals surface area contributed by atoms with Gasteiger partial charge < -0.3 is 9.32 Å². The third-order valence-corrected chi connectivity index (χ3v) is 2.70. The van der Waals surface area contributed by atoms with E-state index in [0.29, 0.717) is 13.0 Å². The summed E-state index contributed by atoms with van der Waals surface area (Å²) in [6.07, 6.45) is 9.33. The molecule has 0 radical (unpaired) electrons. The van der Waals surface area contributed by atoms with Gasteiger partial charge in [0.05, 0.1) is 18.8 Å². The molecule has 78 valence electrons. The number of carbonyl (C=O) groups is 1. The second-order valence-electron chi connectivity index (χ2n) is 3.65. The van der Waals surface area contributed by atoms with E-state index in [2.05, 4.69) is 5.92 Å². The van der Waals surface area contributed by atoms with Crippen molar-refractivity contribution in [2.75, 3.05) is 6.54 Å². The molecule has 0 saturated carbocycles. The minimum atomic E-state index is 0.0253. The Hall–Kier alpha value is -1.69. The van der Waals surface area contributed by atoms with E-state index in [0.717, 1.165) is 18.6 Å². The van der Waals surface area contributed by atoms with Crippen LogP contribution in [0, 0.1) is 12.3 Å². The van der Waals surface area contributed by atoms with Crippen LogP contribution in [0.15, 0.2) is 22.8 Å². The smallest absolute Gasteiger partial charge is 0.223 e. The molecule has 15 heavy (non-hydrogen) atoms. The predicted octanol–water partition coefficient (Wildman–Crippen LogP) is 1.97. The first-order valence-corrected chi connectivity index (χ1v) is 5.09. The van der Waals surface area contributed by atoms with Gasteiger partial charge in [-0.3, -0.25) is 4.79 Å². The molecule has 0 aromatic carbocycles. The largest absolute Gasteiger partial charge is 0.467 e. The van der Waals surface area contributed by atoms with Crippen molar-refractivity contribution in [3.8, 4) is 12.3 Å². The van der Waals surface area contributed by atoms with Crippen molar-refractivity contribution in [3.63, 3.8) is 0 Å². The van der Waals surface area contributed by atoms with Gasteiger partial charge in [0.15, 0.2) is 0 Å². The summed E-state index contributed by atoms with van der Waals surface area (Å²) in [7, 11) is 0. The van der Waals surface area contributed by atoms with E-state index in [9.17, 15) is 4.79 Å². The molecule has 1 aliphatic rings. The van der Waals surface area contributed by atoms with Crippen LogP contribution in [0.4, 0.5) is 0 Å². The Morgan fingerprint density at radius 2 is 2.53 bits per heavy atom. The number of likely N-dealkylation sites (tertiary alicyclic amines) is 1. The summed E-state index contributed by atoms with van der Waals surface area (Å²) in [5.74, 6) is 3.48. The molecule has 3 nitrogen and oxygen atoms in total. The van der Waals surface area contributed by atoms with Gasteiger partial charge >= 0.3 is 0 Å². The normalized spacial score (nSPS) is 21.4. The fourth-order valence-corrected chi connectivity index (χ4v) is 1.99. The zero-order valence-corrected chi connectivity index (χ0v) is 8.48. The van der Waals surface area contributed by atoms with Gasteiger partial charge in [-0.1, -0.05) is 5.92 Å². The van der Waals surface area contributed by atoms with E-state index in [-0.39, 0.29) is 11.9 Å². The van der Waals surface area contributed by atoms with Crippen LogP contribution < -0.4 is 0 Å². The zero-order chi connectivity index (χ0) is 10.7. The molecule has 2 rings (SSSR count). The van der Waals surface area contributed by atoms with Crippen LogP contribution in [0.2, 0.25) is 0 Å². The van der Waals surface area contributed by atoms with Gasteiger partial charge in [-0.2, -0.15) is 0 Å². The van der Waals surface area contributed by atoms with Crippen molar-refractivity contribution in [2.45, 2.75) is 25.3 Å². The van der Waals surface area contributed by atoms with Gasteiger partial charge in [0.2, 0.25) is 5.91 Å². The van der Waals surface area contributed by atoms with Crippen LogP contribution in [-0.4, -0.2) is 17.4 Å². The molecular weight excluding hydrogens is 190 g/mol. The highest BCUT2D eigenvalue weighted by Gasteiger charge is 2.29.